The minimum atomic E-state index is -0.928. The monoisotopic (exact) mass is 287 g/mol. The van der Waals surface area contributed by atoms with Crippen molar-refractivity contribution in [1.82, 2.24) is 0 Å². The van der Waals surface area contributed by atoms with Crippen LogP contribution in [0.3, 0.4) is 0 Å². The lowest BCUT2D eigenvalue weighted by Crippen LogP contribution is -2.15. The minimum absolute atomic E-state index is 0.876. The molecule has 0 atom stereocenters. The lowest BCUT2D eigenvalue weighted by molar-refractivity contribution is -0.131. The van der Waals surface area contributed by atoms with E-state index in [2.05, 4.69) is 35.5 Å². The largest absolute Gasteiger partial charge is 0.478 e. The number of carboxylic acid groups (broad SMARTS) is 1. The van der Waals surface area contributed by atoms with Crippen LogP contribution >= 0.6 is 11.3 Å². The second kappa shape index (κ2) is 6.39. The maximum atomic E-state index is 10.5. The normalized spacial score (nSPS) is 10.9. The molecule has 1 aromatic heterocycles. The first kappa shape index (κ1) is 14.3. The van der Waals surface area contributed by atoms with Crippen LogP contribution in [0.4, 0.5) is 5.69 Å². The van der Waals surface area contributed by atoms with Gasteiger partial charge in [0.2, 0.25) is 0 Å². The number of anilines is 1. The predicted octanol–water partition coefficient (Wildman–Crippen LogP) is 3.79. The maximum Gasteiger partial charge on any atom is 0.328 e. The SMILES string of the molecule is Cc1cc(N(C)Cc2cccs2)ccc1C=CC(=O)O. The lowest BCUT2D eigenvalue weighted by Gasteiger charge is -2.19. The Hall–Kier alpha value is -2.07. The van der Waals surface area contributed by atoms with Crippen LogP contribution in [0, 0.1) is 6.92 Å². The fourth-order valence-electron chi connectivity index (χ4n) is 1.97. The number of carbonyl (C=O) groups is 1. The molecule has 0 spiro atoms. The van der Waals surface area contributed by atoms with Crippen molar-refractivity contribution in [2.45, 2.75) is 13.5 Å². The Kier molecular flexibility index (Phi) is 4.58. The summed E-state index contributed by atoms with van der Waals surface area (Å²) in [6.07, 6.45) is 2.79. The Morgan fingerprint density at radius 1 is 1.40 bits per heavy atom. The van der Waals surface area contributed by atoms with Gasteiger partial charge in [-0.25, -0.2) is 4.79 Å². The van der Waals surface area contributed by atoms with E-state index >= 15 is 0 Å². The highest BCUT2D eigenvalue weighted by molar-refractivity contribution is 7.09. The molecule has 0 aliphatic carbocycles. The zero-order chi connectivity index (χ0) is 14.5. The molecular weight excluding hydrogens is 270 g/mol. The van der Waals surface area contributed by atoms with Crippen LogP contribution in [0.15, 0.2) is 41.8 Å². The Bertz CT molecular complexity index is 617. The van der Waals surface area contributed by atoms with Gasteiger partial charge < -0.3 is 10.0 Å². The fourth-order valence-corrected chi connectivity index (χ4v) is 2.73. The van der Waals surface area contributed by atoms with Gasteiger partial charge in [-0.15, -0.1) is 11.3 Å². The average Bonchev–Trinajstić information content (AvgIpc) is 2.89. The van der Waals surface area contributed by atoms with Crippen molar-refractivity contribution in [2.75, 3.05) is 11.9 Å². The van der Waals surface area contributed by atoms with E-state index in [9.17, 15) is 4.79 Å². The highest BCUT2D eigenvalue weighted by Crippen LogP contribution is 2.22. The first-order valence-electron chi connectivity index (χ1n) is 6.31. The first-order valence-corrected chi connectivity index (χ1v) is 7.19. The summed E-state index contributed by atoms with van der Waals surface area (Å²) in [7, 11) is 2.06. The molecule has 0 unspecified atom stereocenters. The number of hydrogen-bond donors (Lipinski definition) is 1. The van der Waals surface area contributed by atoms with Gasteiger partial charge in [-0.3, -0.25) is 0 Å². The highest BCUT2D eigenvalue weighted by Gasteiger charge is 2.05. The third kappa shape index (κ3) is 3.71. The zero-order valence-corrected chi connectivity index (χ0v) is 12.4. The number of carboxylic acids is 1. The van der Waals surface area contributed by atoms with Gasteiger partial charge in [-0.1, -0.05) is 12.1 Å². The molecule has 1 aromatic carbocycles. The van der Waals surface area contributed by atoms with E-state index in [0.717, 1.165) is 29.4 Å². The zero-order valence-electron chi connectivity index (χ0n) is 11.5. The number of aryl methyl sites for hydroxylation is 1. The highest BCUT2D eigenvalue weighted by atomic mass is 32.1. The number of rotatable bonds is 5. The predicted molar refractivity (Wildman–Crippen MR) is 84.3 cm³/mol. The van der Waals surface area contributed by atoms with Crippen LogP contribution in [0.5, 0.6) is 0 Å². The van der Waals surface area contributed by atoms with E-state index < -0.39 is 5.97 Å². The molecule has 0 bridgehead atoms. The van der Waals surface area contributed by atoms with E-state index in [1.165, 1.54) is 4.88 Å². The van der Waals surface area contributed by atoms with Crippen LogP contribution in [0.2, 0.25) is 0 Å². The number of nitrogens with zero attached hydrogens (tertiary/aromatic N) is 1. The van der Waals surface area contributed by atoms with E-state index in [1.54, 1.807) is 17.4 Å². The summed E-state index contributed by atoms with van der Waals surface area (Å²) in [5, 5.41) is 10.7. The molecule has 0 saturated heterocycles. The van der Waals surface area contributed by atoms with Crippen molar-refractivity contribution >= 4 is 29.1 Å². The second-order valence-corrected chi connectivity index (χ2v) is 5.68. The summed E-state index contributed by atoms with van der Waals surface area (Å²) in [6, 6.07) is 10.2. The third-order valence-corrected chi connectivity index (χ3v) is 3.93. The quantitative estimate of drug-likeness (QED) is 0.851. The third-order valence-electron chi connectivity index (χ3n) is 3.07. The maximum absolute atomic E-state index is 10.5. The second-order valence-electron chi connectivity index (χ2n) is 4.65. The van der Waals surface area contributed by atoms with Crippen molar-refractivity contribution in [3.05, 3.63) is 57.8 Å². The summed E-state index contributed by atoms with van der Waals surface area (Å²) in [6.45, 7) is 2.87. The molecule has 0 saturated carbocycles. The van der Waals surface area contributed by atoms with Crippen LogP contribution < -0.4 is 4.90 Å². The van der Waals surface area contributed by atoms with Crippen LogP contribution in [-0.2, 0) is 11.3 Å². The van der Waals surface area contributed by atoms with Gasteiger partial charge in [-0.2, -0.15) is 0 Å². The molecule has 0 fully saturated rings. The minimum Gasteiger partial charge on any atom is -0.478 e. The lowest BCUT2D eigenvalue weighted by atomic mass is 10.1. The summed E-state index contributed by atoms with van der Waals surface area (Å²) in [5.74, 6) is -0.928. The molecule has 1 heterocycles. The molecule has 3 nitrogen and oxygen atoms in total. The Balaban J connectivity index is 2.13. The van der Waals surface area contributed by atoms with Gasteiger partial charge >= 0.3 is 5.97 Å². The molecule has 0 radical (unpaired) electrons. The van der Waals surface area contributed by atoms with Gasteiger partial charge in [0, 0.05) is 23.7 Å². The van der Waals surface area contributed by atoms with Gasteiger partial charge in [-0.05, 0) is 47.7 Å². The summed E-state index contributed by atoms with van der Waals surface area (Å²) >= 11 is 1.75. The van der Waals surface area contributed by atoms with Gasteiger partial charge in [0.1, 0.15) is 0 Å². The molecular formula is C16H17NO2S. The molecule has 2 rings (SSSR count). The van der Waals surface area contributed by atoms with E-state index in [1.807, 2.05) is 19.1 Å². The number of aliphatic carboxylic acids is 1. The van der Waals surface area contributed by atoms with Crippen molar-refractivity contribution in [3.8, 4) is 0 Å². The summed E-state index contributed by atoms with van der Waals surface area (Å²) in [5.41, 5.74) is 3.13. The smallest absolute Gasteiger partial charge is 0.328 e. The molecule has 0 amide bonds. The van der Waals surface area contributed by atoms with Crippen molar-refractivity contribution < 1.29 is 9.90 Å². The summed E-state index contributed by atoms with van der Waals surface area (Å²) in [4.78, 5) is 14.0. The first-order chi connectivity index (χ1) is 9.56. The molecule has 2 aromatic rings. The Labute approximate surface area is 122 Å². The van der Waals surface area contributed by atoms with Crippen molar-refractivity contribution in [1.29, 1.82) is 0 Å². The molecule has 0 aliphatic heterocycles. The summed E-state index contributed by atoms with van der Waals surface area (Å²) < 4.78 is 0. The number of hydrogen-bond acceptors (Lipinski definition) is 3. The van der Waals surface area contributed by atoms with Crippen LogP contribution in [0.25, 0.3) is 6.08 Å². The molecule has 20 heavy (non-hydrogen) atoms. The molecule has 1 N–H and O–H groups in total. The van der Waals surface area contributed by atoms with Crippen LogP contribution in [0.1, 0.15) is 16.0 Å². The number of thiophene rings is 1. The van der Waals surface area contributed by atoms with Crippen molar-refractivity contribution in [2.24, 2.45) is 0 Å². The fraction of sp³-hybridized carbons (Fsp3) is 0.188. The van der Waals surface area contributed by atoms with Gasteiger partial charge in [0.15, 0.2) is 0 Å². The molecule has 0 aliphatic rings. The number of benzene rings is 1. The van der Waals surface area contributed by atoms with Gasteiger partial charge in [0.25, 0.3) is 0 Å². The van der Waals surface area contributed by atoms with E-state index in [4.69, 9.17) is 5.11 Å². The van der Waals surface area contributed by atoms with Gasteiger partial charge in [0.05, 0.1) is 6.54 Å². The van der Waals surface area contributed by atoms with E-state index in [0.29, 0.717) is 0 Å². The topological polar surface area (TPSA) is 40.5 Å². The van der Waals surface area contributed by atoms with Crippen molar-refractivity contribution in [3.63, 3.8) is 0 Å². The average molecular weight is 287 g/mol. The Morgan fingerprint density at radius 2 is 2.20 bits per heavy atom. The molecule has 4 heteroatoms. The molecule has 104 valence electrons. The standard InChI is InChI=1S/C16H17NO2S/c1-12-10-14(7-5-13(12)6-8-16(18)19)17(2)11-15-4-3-9-20-15/h3-10H,11H2,1-2H3,(H,18,19). The van der Waals surface area contributed by atoms with Crippen LogP contribution in [-0.4, -0.2) is 18.1 Å². The Morgan fingerprint density at radius 3 is 2.80 bits per heavy atom. The van der Waals surface area contributed by atoms with E-state index in [-0.39, 0.29) is 0 Å².